The number of carbonyl (C=O) groups is 4. The molecule has 1 aromatic rings. The highest BCUT2D eigenvalue weighted by Gasteiger charge is 2.47. The van der Waals surface area contributed by atoms with Gasteiger partial charge in [-0.3, -0.25) is 14.4 Å². The summed E-state index contributed by atoms with van der Waals surface area (Å²) in [7, 11) is 1.24. The molecule has 2 rings (SSSR count). The normalized spacial score (nSPS) is 18.0. The maximum absolute atomic E-state index is 13.4. The maximum atomic E-state index is 13.4. The number of amides is 3. The number of nitrogens with zero attached hydrogens (tertiary/aromatic N) is 1. The molecule has 2 N–H and O–H groups in total. The molecule has 0 bridgehead atoms. The van der Waals surface area contributed by atoms with Gasteiger partial charge in [-0.1, -0.05) is 25.1 Å². The molecule has 0 aromatic heterocycles. The van der Waals surface area contributed by atoms with E-state index in [1.165, 1.54) is 12.0 Å². The third-order valence-electron chi connectivity index (χ3n) is 5.47. The van der Waals surface area contributed by atoms with Gasteiger partial charge in [-0.2, -0.15) is 0 Å². The molecule has 0 saturated heterocycles. The Labute approximate surface area is 195 Å². The zero-order valence-corrected chi connectivity index (χ0v) is 20.5. The summed E-state index contributed by atoms with van der Waals surface area (Å²) in [5, 5.41) is 5.09. The molecule has 182 valence electrons. The summed E-state index contributed by atoms with van der Waals surface area (Å²) in [6.45, 7) is 10.3. The van der Waals surface area contributed by atoms with E-state index < -0.39 is 35.5 Å². The van der Waals surface area contributed by atoms with E-state index in [1.54, 1.807) is 20.8 Å². The van der Waals surface area contributed by atoms with Crippen molar-refractivity contribution in [2.24, 2.45) is 5.92 Å². The molecule has 1 fully saturated rings. The van der Waals surface area contributed by atoms with Gasteiger partial charge in [-0.05, 0) is 63.6 Å². The quantitative estimate of drug-likeness (QED) is 0.575. The minimum atomic E-state index is -0.959. The minimum absolute atomic E-state index is 0.161. The van der Waals surface area contributed by atoms with Crippen LogP contribution in [0, 0.1) is 19.8 Å². The molecule has 0 aliphatic heterocycles. The molecule has 1 aliphatic carbocycles. The van der Waals surface area contributed by atoms with E-state index in [-0.39, 0.29) is 25.0 Å². The van der Waals surface area contributed by atoms with E-state index in [4.69, 9.17) is 4.74 Å². The van der Waals surface area contributed by atoms with Gasteiger partial charge in [0.15, 0.2) is 0 Å². The van der Waals surface area contributed by atoms with Crippen LogP contribution in [0.5, 0.6) is 0 Å². The second-order valence-electron chi connectivity index (χ2n) is 9.44. The van der Waals surface area contributed by atoms with E-state index >= 15 is 0 Å². The number of carbonyl (C=O) groups excluding carboxylic acids is 4. The van der Waals surface area contributed by atoms with Crippen LogP contribution in [0.15, 0.2) is 18.2 Å². The van der Waals surface area contributed by atoms with Gasteiger partial charge in [0.25, 0.3) is 0 Å². The number of esters is 1. The lowest BCUT2D eigenvalue weighted by atomic mass is 9.93. The van der Waals surface area contributed by atoms with Crippen LogP contribution in [-0.4, -0.2) is 60.6 Å². The number of alkyl carbamates (subject to hydrolysis) is 1. The van der Waals surface area contributed by atoms with E-state index in [0.29, 0.717) is 5.56 Å². The SMILES string of the molecule is COC(=O)CNC(=O)C(c1c(C)cccc1C)N(C(=O)CNC(=O)OC(C)(C)C)C1CC1C. The molecule has 33 heavy (non-hydrogen) atoms. The van der Waals surface area contributed by atoms with Gasteiger partial charge >= 0.3 is 12.1 Å². The van der Waals surface area contributed by atoms with Crippen LogP contribution in [0.2, 0.25) is 0 Å². The van der Waals surface area contributed by atoms with E-state index in [9.17, 15) is 19.2 Å². The molecular weight excluding hydrogens is 426 g/mol. The summed E-state index contributed by atoms with van der Waals surface area (Å²) in [4.78, 5) is 52.0. The predicted octanol–water partition coefficient (Wildman–Crippen LogP) is 2.40. The first-order valence-corrected chi connectivity index (χ1v) is 11.0. The van der Waals surface area contributed by atoms with Crippen LogP contribution in [-0.2, 0) is 23.9 Å². The molecule has 3 unspecified atom stereocenters. The smallest absolute Gasteiger partial charge is 0.408 e. The van der Waals surface area contributed by atoms with Crippen molar-refractivity contribution in [1.82, 2.24) is 15.5 Å². The number of hydrogen-bond donors (Lipinski definition) is 2. The molecule has 0 spiro atoms. The van der Waals surface area contributed by atoms with Gasteiger partial charge in [0.2, 0.25) is 11.8 Å². The summed E-state index contributed by atoms with van der Waals surface area (Å²) >= 11 is 0. The van der Waals surface area contributed by atoms with Crippen molar-refractivity contribution in [2.45, 2.75) is 65.6 Å². The summed E-state index contributed by atoms with van der Waals surface area (Å²) in [5.74, 6) is -1.28. The Hall–Kier alpha value is -3.10. The lowest BCUT2D eigenvalue weighted by Gasteiger charge is -2.33. The Morgan fingerprint density at radius 3 is 2.15 bits per heavy atom. The Morgan fingerprint density at radius 1 is 1.09 bits per heavy atom. The van der Waals surface area contributed by atoms with E-state index in [0.717, 1.165) is 17.5 Å². The lowest BCUT2D eigenvalue weighted by molar-refractivity contribution is -0.144. The monoisotopic (exact) mass is 461 g/mol. The van der Waals surface area contributed by atoms with E-state index in [1.807, 2.05) is 39.0 Å². The average Bonchev–Trinajstić information content (AvgIpc) is 3.43. The maximum Gasteiger partial charge on any atom is 0.408 e. The first kappa shape index (κ1) is 26.2. The number of rotatable bonds is 8. The first-order chi connectivity index (χ1) is 15.4. The minimum Gasteiger partial charge on any atom is -0.468 e. The molecule has 3 atom stereocenters. The van der Waals surface area contributed by atoms with Gasteiger partial charge < -0.3 is 25.0 Å². The number of ether oxygens (including phenoxy) is 2. The number of methoxy groups -OCH3 is 1. The zero-order valence-electron chi connectivity index (χ0n) is 20.5. The van der Waals surface area contributed by atoms with Crippen molar-refractivity contribution in [3.63, 3.8) is 0 Å². The average molecular weight is 462 g/mol. The molecule has 1 saturated carbocycles. The highest BCUT2D eigenvalue weighted by atomic mass is 16.6. The number of aryl methyl sites for hydroxylation is 2. The molecule has 1 aromatic carbocycles. The van der Waals surface area contributed by atoms with Crippen molar-refractivity contribution in [3.05, 3.63) is 34.9 Å². The predicted molar refractivity (Wildman–Crippen MR) is 122 cm³/mol. The molecule has 9 nitrogen and oxygen atoms in total. The van der Waals surface area contributed by atoms with Crippen molar-refractivity contribution in [1.29, 1.82) is 0 Å². The van der Waals surface area contributed by atoms with Gasteiger partial charge in [0.05, 0.1) is 7.11 Å². The molecule has 1 aliphatic rings. The van der Waals surface area contributed by atoms with Crippen molar-refractivity contribution >= 4 is 23.9 Å². The van der Waals surface area contributed by atoms with Crippen LogP contribution in [0.1, 0.15) is 56.8 Å². The largest absolute Gasteiger partial charge is 0.468 e. The van der Waals surface area contributed by atoms with Crippen LogP contribution < -0.4 is 10.6 Å². The molecule has 9 heteroatoms. The third kappa shape index (κ3) is 7.20. The molecule has 0 heterocycles. The van der Waals surface area contributed by atoms with Crippen molar-refractivity contribution in [2.75, 3.05) is 20.2 Å². The first-order valence-electron chi connectivity index (χ1n) is 11.0. The number of nitrogens with one attached hydrogen (secondary N) is 2. The Balaban J connectivity index is 2.36. The number of hydrogen-bond acceptors (Lipinski definition) is 6. The fourth-order valence-corrected chi connectivity index (χ4v) is 3.75. The second kappa shape index (κ2) is 10.7. The Morgan fingerprint density at radius 2 is 1.67 bits per heavy atom. The summed E-state index contributed by atoms with van der Waals surface area (Å²) in [5.41, 5.74) is 1.69. The van der Waals surface area contributed by atoms with Crippen LogP contribution in [0.25, 0.3) is 0 Å². The molecule has 0 radical (unpaired) electrons. The second-order valence-corrected chi connectivity index (χ2v) is 9.44. The number of benzene rings is 1. The fourth-order valence-electron chi connectivity index (χ4n) is 3.75. The Bertz CT molecular complexity index is 888. The zero-order chi connectivity index (χ0) is 24.9. The standard InChI is InChI=1S/C24H35N3O6/c1-14-9-8-10-15(2)20(14)21(22(30)25-13-19(29)32-7)27(17-11-16(17)3)18(28)12-26-23(31)33-24(4,5)6/h8-10,16-17,21H,11-13H2,1-7H3,(H,25,30)(H,26,31). The fraction of sp³-hybridized carbons (Fsp3) is 0.583. The van der Waals surface area contributed by atoms with E-state index in [2.05, 4.69) is 15.4 Å². The Kier molecular flexibility index (Phi) is 8.46. The van der Waals surface area contributed by atoms with Crippen LogP contribution in [0.3, 0.4) is 0 Å². The van der Waals surface area contributed by atoms with Crippen LogP contribution >= 0.6 is 0 Å². The molecule has 3 amide bonds. The van der Waals surface area contributed by atoms with Crippen LogP contribution in [0.4, 0.5) is 4.79 Å². The molecular formula is C24H35N3O6. The highest BCUT2D eigenvalue weighted by Crippen LogP contribution is 2.41. The van der Waals surface area contributed by atoms with Gasteiger partial charge in [0, 0.05) is 6.04 Å². The van der Waals surface area contributed by atoms with Gasteiger partial charge in [-0.25, -0.2) is 4.79 Å². The van der Waals surface area contributed by atoms with Crippen molar-refractivity contribution in [3.8, 4) is 0 Å². The van der Waals surface area contributed by atoms with Gasteiger partial charge in [-0.15, -0.1) is 0 Å². The summed E-state index contributed by atoms with van der Waals surface area (Å²) in [6, 6.07) is 4.51. The van der Waals surface area contributed by atoms with Gasteiger partial charge in [0.1, 0.15) is 24.7 Å². The summed E-state index contributed by atoms with van der Waals surface area (Å²) < 4.78 is 9.85. The third-order valence-corrected chi connectivity index (χ3v) is 5.47. The lowest BCUT2D eigenvalue weighted by Crippen LogP contribution is -2.50. The topological polar surface area (TPSA) is 114 Å². The summed E-state index contributed by atoms with van der Waals surface area (Å²) in [6.07, 6.45) is 0.0302. The highest BCUT2D eigenvalue weighted by molar-refractivity contribution is 5.92. The van der Waals surface area contributed by atoms with Crippen molar-refractivity contribution < 1.29 is 28.7 Å².